The van der Waals surface area contributed by atoms with Crippen LogP contribution >= 0.6 is 11.6 Å². The number of rotatable bonds is 3. The molecule has 2 N–H and O–H groups in total. The maximum atomic E-state index is 12.7. The van der Waals surface area contributed by atoms with Crippen LogP contribution in [0.1, 0.15) is 16.7 Å². The molecule has 4 rings (SSSR count). The number of nitrogens with one attached hydrogen (secondary N) is 2. The van der Waals surface area contributed by atoms with E-state index in [-0.39, 0.29) is 12.2 Å². The molecule has 1 aromatic heterocycles. The van der Waals surface area contributed by atoms with E-state index < -0.39 is 11.9 Å². The molecule has 1 saturated heterocycles. The van der Waals surface area contributed by atoms with Crippen LogP contribution < -0.4 is 5.32 Å². The van der Waals surface area contributed by atoms with Crippen molar-refractivity contribution in [3.05, 3.63) is 76.1 Å². The summed E-state index contributed by atoms with van der Waals surface area (Å²) in [5.74, 6) is -0.396. The number of amides is 3. The number of nitriles is 1. The summed E-state index contributed by atoms with van der Waals surface area (Å²) in [6.07, 6.45) is 3.41. The van der Waals surface area contributed by atoms with Crippen LogP contribution in [-0.4, -0.2) is 21.8 Å². The van der Waals surface area contributed by atoms with Gasteiger partial charge < -0.3 is 10.3 Å². The van der Waals surface area contributed by atoms with Gasteiger partial charge in [0, 0.05) is 27.7 Å². The molecule has 0 spiro atoms. The molecule has 0 saturated carbocycles. The zero-order valence-electron chi connectivity index (χ0n) is 14.0. The largest absolute Gasteiger partial charge is 0.361 e. The number of halogens is 1. The Hall–Kier alpha value is -3.56. The average molecular weight is 377 g/mol. The molecule has 0 aliphatic carbocycles. The van der Waals surface area contributed by atoms with Crippen molar-refractivity contribution in [3.8, 4) is 6.07 Å². The molecule has 27 heavy (non-hydrogen) atoms. The number of aromatic amines is 1. The Balaban J connectivity index is 1.59. The molecule has 0 atom stereocenters. The summed E-state index contributed by atoms with van der Waals surface area (Å²) in [5.41, 5.74) is 3.13. The fourth-order valence-electron chi connectivity index (χ4n) is 2.98. The number of benzene rings is 2. The molecule has 0 bridgehead atoms. The molecular weight excluding hydrogens is 364 g/mol. The van der Waals surface area contributed by atoms with Gasteiger partial charge in [-0.2, -0.15) is 5.26 Å². The van der Waals surface area contributed by atoms with E-state index in [9.17, 15) is 9.59 Å². The number of fused-ring (bicyclic) bond motifs is 1. The van der Waals surface area contributed by atoms with Gasteiger partial charge in [0.25, 0.3) is 5.91 Å². The average Bonchev–Trinajstić information content (AvgIpc) is 3.18. The van der Waals surface area contributed by atoms with E-state index in [1.807, 2.05) is 12.1 Å². The monoisotopic (exact) mass is 376 g/mol. The lowest BCUT2D eigenvalue weighted by molar-refractivity contribution is -0.123. The van der Waals surface area contributed by atoms with Crippen LogP contribution in [0.3, 0.4) is 0 Å². The van der Waals surface area contributed by atoms with Gasteiger partial charge in [0.15, 0.2) is 0 Å². The van der Waals surface area contributed by atoms with Gasteiger partial charge in [-0.05, 0) is 35.9 Å². The topological polar surface area (TPSA) is 89.0 Å². The normalized spacial score (nSPS) is 15.4. The lowest BCUT2D eigenvalue weighted by Crippen LogP contribution is -2.30. The van der Waals surface area contributed by atoms with Crippen molar-refractivity contribution >= 4 is 40.5 Å². The van der Waals surface area contributed by atoms with Crippen molar-refractivity contribution in [2.75, 3.05) is 0 Å². The zero-order chi connectivity index (χ0) is 19.0. The van der Waals surface area contributed by atoms with Gasteiger partial charge in [0.2, 0.25) is 0 Å². The first-order valence-corrected chi connectivity index (χ1v) is 8.53. The molecule has 2 heterocycles. The summed E-state index contributed by atoms with van der Waals surface area (Å²) in [4.78, 5) is 29.1. The number of aromatic nitrogens is 1. The van der Waals surface area contributed by atoms with Crippen LogP contribution in [0.2, 0.25) is 5.02 Å². The lowest BCUT2D eigenvalue weighted by Gasteiger charge is -2.11. The predicted octanol–water partition coefficient (Wildman–Crippen LogP) is 3.79. The Morgan fingerprint density at radius 1 is 1.15 bits per heavy atom. The molecule has 7 heteroatoms. The second-order valence-corrected chi connectivity index (χ2v) is 6.56. The van der Waals surface area contributed by atoms with Gasteiger partial charge in [0.1, 0.15) is 5.70 Å². The van der Waals surface area contributed by atoms with Gasteiger partial charge in [-0.1, -0.05) is 29.8 Å². The summed E-state index contributed by atoms with van der Waals surface area (Å²) in [5, 5.41) is 13.0. The Morgan fingerprint density at radius 3 is 2.67 bits per heavy atom. The minimum absolute atomic E-state index is 0.136. The first-order chi connectivity index (χ1) is 13.0. The van der Waals surface area contributed by atoms with Crippen molar-refractivity contribution in [3.63, 3.8) is 0 Å². The standard InChI is InChI=1S/C20H13ClN4O2/c21-15-5-6-16-14(10-23-17(16)8-15)7-18-19(26)25(20(27)24-18)11-13-3-1-12(9-22)2-4-13/h1-8,10,23H,11H2,(H,24,27). The third kappa shape index (κ3) is 3.16. The van der Waals surface area contributed by atoms with Crippen molar-refractivity contribution in [1.29, 1.82) is 5.26 Å². The van der Waals surface area contributed by atoms with Crippen molar-refractivity contribution in [1.82, 2.24) is 15.2 Å². The van der Waals surface area contributed by atoms with Crippen molar-refractivity contribution in [2.24, 2.45) is 0 Å². The van der Waals surface area contributed by atoms with E-state index in [4.69, 9.17) is 16.9 Å². The summed E-state index contributed by atoms with van der Waals surface area (Å²) in [6, 6.07) is 13.7. The maximum Gasteiger partial charge on any atom is 0.329 e. The maximum absolute atomic E-state index is 12.7. The number of urea groups is 1. The van der Waals surface area contributed by atoms with Gasteiger partial charge in [0.05, 0.1) is 18.2 Å². The molecule has 0 radical (unpaired) electrons. The highest BCUT2D eigenvalue weighted by atomic mass is 35.5. The van der Waals surface area contributed by atoms with E-state index in [1.54, 1.807) is 48.7 Å². The van der Waals surface area contributed by atoms with Crippen LogP contribution in [0, 0.1) is 11.3 Å². The smallest absolute Gasteiger partial charge is 0.329 e. The third-order valence-electron chi connectivity index (χ3n) is 4.36. The molecule has 1 aliphatic heterocycles. The Labute approximate surface area is 159 Å². The molecule has 3 amide bonds. The van der Waals surface area contributed by atoms with E-state index in [0.29, 0.717) is 10.6 Å². The molecular formula is C20H13ClN4O2. The minimum atomic E-state index is -0.474. The van der Waals surface area contributed by atoms with Gasteiger partial charge in [-0.25, -0.2) is 4.79 Å². The molecule has 6 nitrogen and oxygen atoms in total. The van der Waals surface area contributed by atoms with E-state index >= 15 is 0 Å². The number of hydrogen-bond donors (Lipinski definition) is 2. The highest BCUT2D eigenvalue weighted by molar-refractivity contribution is 6.31. The Bertz CT molecular complexity index is 1140. The predicted molar refractivity (Wildman–Crippen MR) is 102 cm³/mol. The third-order valence-corrected chi connectivity index (χ3v) is 4.60. The van der Waals surface area contributed by atoms with E-state index in [2.05, 4.69) is 10.3 Å². The van der Waals surface area contributed by atoms with Crippen LogP contribution in [0.15, 0.2) is 54.4 Å². The number of hydrogen-bond acceptors (Lipinski definition) is 3. The van der Waals surface area contributed by atoms with Crippen LogP contribution in [0.25, 0.3) is 17.0 Å². The molecule has 1 aliphatic rings. The minimum Gasteiger partial charge on any atom is -0.361 e. The second-order valence-electron chi connectivity index (χ2n) is 6.12. The highest BCUT2D eigenvalue weighted by Crippen LogP contribution is 2.25. The van der Waals surface area contributed by atoms with Crippen LogP contribution in [-0.2, 0) is 11.3 Å². The Morgan fingerprint density at radius 2 is 1.93 bits per heavy atom. The van der Waals surface area contributed by atoms with Crippen molar-refractivity contribution in [2.45, 2.75) is 6.54 Å². The number of H-pyrrole nitrogens is 1. The molecule has 1 fully saturated rings. The van der Waals surface area contributed by atoms with Gasteiger partial charge in [-0.3, -0.25) is 9.69 Å². The molecule has 132 valence electrons. The fourth-order valence-corrected chi connectivity index (χ4v) is 3.15. The zero-order valence-corrected chi connectivity index (χ0v) is 14.7. The lowest BCUT2D eigenvalue weighted by atomic mass is 10.1. The van der Waals surface area contributed by atoms with Crippen LogP contribution in [0.4, 0.5) is 4.79 Å². The fraction of sp³-hybridized carbons (Fsp3) is 0.0500. The number of carbonyl (C=O) groups excluding carboxylic acids is 2. The summed E-state index contributed by atoms with van der Waals surface area (Å²) in [7, 11) is 0. The second kappa shape index (κ2) is 6.63. The number of carbonyl (C=O) groups is 2. The van der Waals surface area contributed by atoms with E-state index in [1.165, 1.54) is 0 Å². The van der Waals surface area contributed by atoms with E-state index in [0.717, 1.165) is 26.9 Å². The quantitative estimate of drug-likeness (QED) is 0.538. The highest BCUT2D eigenvalue weighted by Gasteiger charge is 2.33. The summed E-state index contributed by atoms with van der Waals surface area (Å²) >= 11 is 5.98. The SMILES string of the molecule is N#Cc1ccc(CN2C(=O)NC(=Cc3c[nH]c4cc(Cl)ccc34)C2=O)cc1. The molecule has 0 unspecified atom stereocenters. The van der Waals surface area contributed by atoms with Crippen molar-refractivity contribution < 1.29 is 9.59 Å². The number of nitrogens with zero attached hydrogens (tertiary/aromatic N) is 2. The van der Waals surface area contributed by atoms with Gasteiger partial charge >= 0.3 is 6.03 Å². The first-order valence-electron chi connectivity index (χ1n) is 8.15. The molecule has 2 aromatic carbocycles. The van der Waals surface area contributed by atoms with Gasteiger partial charge in [-0.15, -0.1) is 0 Å². The van der Waals surface area contributed by atoms with Crippen LogP contribution in [0.5, 0.6) is 0 Å². The summed E-state index contributed by atoms with van der Waals surface area (Å²) < 4.78 is 0. The number of imide groups is 1. The molecule has 3 aromatic rings. The Kier molecular flexibility index (Phi) is 4.15. The summed E-state index contributed by atoms with van der Waals surface area (Å²) in [6.45, 7) is 0.136. The first kappa shape index (κ1) is 16.9.